The molecule has 2 heterocycles. The molecule has 0 radical (unpaired) electrons. The molecule has 3 rings (SSSR count). The predicted octanol–water partition coefficient (Wildman–Crippen LogP) is 4.18. The van der Waals surface area contributed by atoms with Crippen LogP contribution in [0.4, 0.5) is 4.39 Å². The maximum atomic E-state index is 14.3. The molecule has 3 aromatic rings. The van der Waals surface area contributed by atoms with Gasteiger partial charge in [0.05, 0.1) is 22.6 Å². The van der Waals surface area contributed by atoms with Crippen molar-refractivity contribution in [1.82, 2.24) is 19.5 Å². The van der Waals surface area contributed by atoms with Crippen LogP contribution in [0.25, 0.3) is 22.3 Å². The number of rotatable bonds is 2. The molecule has 0 aliphatic heterocycles. The van der Waals surface area contributed by atoms with Gasteiger partial charge in [-0.25, -0.2) is 19.3 Å². The zero-order chi connectivity index (χ0) is 15.1. The highest BCUT2D eigenvalue weighted by Crippen LogP contribution is 2.30. The molecular formula is C15H14ClFN4. The maximum Gasteiger partial charge on any atom is 0.151 e. The van der Waals surface area contributed by atoms with Gasteiger partial charge in [0.15, 0.2) is 5.82 Å². The highest BCUT2D eigenvalue weighted by atomic mass is 35.5. The van der Waals surface area contributed by atoms with E-state index in [-0.39, 0.29) is 11.9 Å². The lowest BCUT2D eigenvalue weighted by atomic mass is 10.1. The van der Waals surface area contributed by atoms with E-state index in [0.29, 0.717) is 27.6 Å². The molecule has 0 fully saturated rings. The van der Waals surface area contributed by atoms with Gasteiger partial charge in [-0.3, -0.25) is 0 Å². The van der Waals surface area contributed by atoms with Gasteiger partial charge in [0.1, 0.15) is 11.3 Å². The second kappa shape index (κ2) is 5.07. The van der Waals surface area contributed by atoms with Crippen molar-refractivity contribution in [2.24, 2.45) is 0 Å². The van der Waals surface area contributed by atoms with E-state index >= 15 is 0 Å². The third kappa shape index (κ3) is 2.38. The van der Waals surface area contributed by atoms with Crippen molar-refractivity contribution in [3.8, 4) is 11.3 Å². The smallest absolute Gasteiger partial charge is 0.151 e. The van der Waals surface area contributed by atoms with E-state index in [9.17, 15) is 4.39 Å². The van der Waals surface area contributed by atoms with Gasteiger partial charge in [0.2, 0.25) is 0 Å². The van der Waals surface area contributed by atoms with Crippen molar-refractivity contribution in [3.05, 3.63) is 41.3 Å². The normalized spacial score (nSPS) is 11.5. The molecule has 2 aromatic heterocycles. The molecular weight excluding hydrogens is 291 g/mol. The minimum atomic E-state index is -0.380. The maximum absolute atomic E-state index is 14.3. The summed E-state index contributed by atoms with van der Waals surface area (Å²) in [5.74, 6) is 0.210. The molecule has 0 atom stereocenters. The number of imidazole rings is 1. The van der Waals surface area contributed by atoms with Crippen LogP contribution in [-0.4, -0.2) is 19.5 Å². The minimum Gasteiger partial charge on any atom is -0.328 e. The summed E-state index contributed by atoms with van der Waals surface area (Å²) in [6.07, 6.45) is 3.18. The molecule has 6 heteroatoms. The fourth-order valence-electron chi connectivity index (χ4n) is 2.30. The van der Waals surface area contributed by atoms with Gasteiger partial charge in [0, 0.05) is 17.8 Å². The summed E-state index contributed by atoms with van der Waals surface area (Å²) in [7, 11) is 0. The van der Waals surface area contributed by atoms with E-state index in [1.165, 1.54) is 12.3 Å². The Morgan fingerprint density at radius 3 is 2.71 bits per heavy atom. The zero-order valence-corrected chi connectivity index (χ0v) is 12.7. The Labute approximate surface area is 126 Å². The van der Waals surface area contributed by atoms with Crippen molar-refractivity contribution < 1.29 is 4.39 Å². The average molecular weight is 305 g/mol. The highest BCUT2D eigenvalue weighted by molar-refractivity contribution is 6.32. The number of fused-ring (bicyclic) bond motifs is 1. The Bertz CT molecular complexity index is 826. The van der Waals surface area contributed by atoms with Crippen LogP contribution in [0.2, 0.25) is 5.02 Å². The average Bonchev–Trinajstić information content (AvgIpc) is 2.86. The van der Waals surface area contributed by atoms with Gasteiger partial charge in [-0.05, 0) is 32.9 Å². The Balaban J connectivity index is 2.28. The summed E-state index contributed by atoms with van der Waals surface area (Å²) >= 11 is 6.14. The van der Waals surface area contributed by atoms with Crippen molar-refractivity contribution in [1.29, 1.82) is 0 Å². The summed E-state index contributed by atoms with van der Waals surface area (Å²) in [4.78, 5) is 12.5. The fraction of sp³-hybridized carbons (Fsp3) is 0.267. The van der Waals surface area contributed by atoms with Gasteiger partial charge >= 0.3 is 0 Å². The van der Waals surface area contributed by atoms with Gasteiger partial charge in [-0.15, -0.1) is 0 Å². The molecule has 1 aromatic carbocycles. The molecule has 0 aliphatic carbocycles. The highest BCUT2D eigenvalue weighted by Gasteiger charge is 2.15. The van der Waals surface area contributed by atoms with Crippen LogP contribution in [0.1, 0.15) is 25.7 Å². The number of benzene rings is 1. The standard InChI is InChI=1S/C15H14ClFN4/c1-8(2)21-7-19-15-12(17)4-10(5-13(15)21)14-11(16)6-18-9(3)20-14/h4-8H,1-3H3. The lowest BCUT2D eigenvalue weighted by Gasteiger charge is -2.10. The number of halogens is 2. The monoisotopic (exact) mass is 304 g/mol. The van der Waals surface area contributed by atoms with Crippen molar-refractivity contribution in [2.45, 2.75) is 26.8 Å². The Hall–Kier alpha value is -2.01. The number of hydrogen-bond acceptors (Lipinski definition) is 3. The van der Waals surface area contributed by atoms with Crippen LogP contribution in [-0.2, 0) is 0 Å². The van der Waals surface area contributed by atoms with Gasteiger partial charge < -0.3 is 4.57 Å². The summed E-state index contributed by atoms with van der Waals surface area (Å²) in [6, 6.07) is 3.46. The first-order valence-electron chi connectivity index (χ1n) is 6.63. The molecule has 0 spiro atoms. The van der Waals surface area contributed by atoms with E-state index in [0.717, 1.165) is 5.52 Å². The Morgan fingerprint density at radius 1 is 1.24 bits per heavy atom. The summed E-state index contributed by atoms with van der Waals surface area (Å²) < 4.78 is 16.2. The van der Waals surface area contributed by atoms with Crippen LogP contribution in [0, 0.1) is 12.7 Å². The van der Waals surface area contributed by atoms with Gasteiger partial charge in [-0.2, -0.15) is 0 Å². The number of nitrogens with zero attached hydrogens (tertiary/aromatic N) is 4. The topological polar surface area (TPSA) is 43.6 Å². The fourth-order valence-corrected chi connectivity index (χ4v) is 2.50. The summed E-state index contributed by atoms with van der Waals surface area (Å²) in [5, 5.41) is 0.398. The molecule has 0 N–H and O–H groups in total. The zero-order valence-electron chi connectivity index (χ0n) is 11.9. The quantitative estimate of drug-likeness (QED) is 0.713. The Morgan fingerprint density at radius 2 is 2.00 bits per heavy atom. The van der Waals surface area contributed by atoms with E-state index in [4.69, 9.17) is 11.6 Å². The second-order valence-electron chi connectivity index (χ2n) is 5.19. The van der Waals surface area contributed by atoms with Crippen LogP contribution >= 0.6 is 11.6 Å². The van der Waals surface area contributed by atoms with E-state index in [1.807, 2.05) is 24.5 Å². The number of aryl methyl sites for hydroxylation is 1. The SMILES string of the molecule is Cc1ncc(Cl)c(-c2cc(F)c3ncn(C(C)C)c3c2)n1. The van der Waals surface area contributed by atoms with Crippen LogP contribution < -0.4 is 0 Å². The molecule has 0 bridgehead atoms. The third-order valence-corrected chi connectivity index (χ3v) is 3.60. The lowest BCUT2D eigenvalue weighted by molar-refractivity contribution is 0.617. The Kier molecular flexibility index (Phi) is 3.37. The van der Waals surface area contributed by atoms with Crippen molar-refractivity contribution in [3.63, 3.8) is 0 Å². The molecule has 21 heavy (non-hydrogen) atoms. The molecule has 108 valence electrons. The molecule has 0 unspecified atom stereocenters. The third-order valence-electron chi connectivity index (χ3n) is 3.33. The minimum absolute atomic E-state index is 0.187. The molecule has 4 nitrogen and oxygen atoms in total. The van der Waals surface area contributed by atoms with Crippen molar-refractivity contribution in [2.75, 3.05) is 0 Å². The van der Waals surface area contributed by atoms with Gasteiger partial charge in [-0.1, -0.05) is 11.6 Å². The largest absolute Gasteiger partial charge is 0.328 e. The van der Waals surface area contributed by atoms with Gasteiger partial charge in [0.25, 0.3) is 0 Å². The van der Waals surface area contributed by atoms with Crippen LogP contribution in [0.3, 0.4) is 0 Å². The first-order valence-corrected chi connectivity index (χ1v) is 7.00. The van der Waals surface area contributed by atoms with E-state index in [2.05, 4.69) is 15.0 Å². The van der Waals surface area contributed by atoms with E-state index < -0.39 is 0 Å². The number of hydrogen-bond donors (Lipinski definition) is 0. The lowest BCUT2D eigenvalue weighted by Crippen LogP contribution is -1.99. The van der Waals surface area contributed by atoms with Crippen LogP contribution in [0.5, 0.6) is 0 Å². The second-order valence-corrected chi connectivity index (χ2v) is 5.59. The molecule has 0 amide bonds. The van der Waals surface area contributed by atoms with Crippen molar-refractivity contribution >= 4 is 22.6 Å². The van der Waals surface area contributed by atoms with E-state index in [1.54, 1.807) is 13.3 Å². The molecule has 0 saturated carbocycles. The first kappa shape index (κ1) is 13.9. The molecule has 0 saturated heterocycles. The number of aromatic nitrogens is 4. The summed E-state index contributed by atoms with van der Waals surface area (Å²) in [6.45, 7) is 5.81. The van der Waals surface area contributed by atoms with Crippen LogP contribution in [0.15, 0.2) is 24.7 Å². The molecule has 0 aliphatic rings. The predicted molar refractivity (Wildman–Crippen MR) is 80.8 cm³/mol. The first-order chi connectivity index (χ1) is 9.97. The summed E-state index contributed by atoms with van der Waals surface area (Å²) in [5.41, 5.74) is 2.24.